The molecule has 204 valence electrons. The predicted octanol–water partition coefficient (Wildman–Crippen LogP) is 6.73. The quantitative estimate of drug-likeness (QED) is 0.170. The van der Waals surface area contributed by atoms with Crippen LogP contribution in [0.4, 0.5) is 0 Å². The van der Waals surface area contributed by atoms with Crippen LogP contribution in [-0.4, -0.2) is 52.1 Å². The van der Waals surface area contributed by atoms with Crippen molar-refractivity contribution in [2.24, 2.45) is 21.1 Å². The molecule has 6 rings (SSSR count). The number of halogens is 4. The number of aryl methyl sites for hydroxylation is 6. The summed E-state index contributed by atoms with van der Waals surface area (Å²) in [6.45, 7) is 6.07. The average Bonchev–Trinajstić information content (AvgIpc) is 3.60. The average molecular weight is 834 g/mol. The van der Waals surface area contributed by atoms with Gasteiger partial charge >= 0.3 is 0 Å². The van der Waals surface area contributed by atoms with Gasteiger partial charge in [0.05, 0.1) is 12.6 Å². The molecule has 0 saturated heterocycles. The molecule has 3 heterocycles. The van der Waals surface area contributed by atoms with E-state index < -0.39 is 0 Å². The van der Waals surface area contributed by atoms with Crippen LogP contribution in [0.2, 0.25) is 0 Å². The minimum absolute atomic E-state index is 0.782. The summed E-state index contributed by atoms with van der Waals surface area (Å²) < 4.78 is 14.9. The van der Waals surface area contributed by atoms with Crippen LogP contribution >= 0.6 is 70.4 Å². The number of ether oxygens (including phenoxy) is 1. The van der Waals surface area contributed by atoms with E-state index in [-0.39, 0.29) is 0 Å². The number of nitrogens with zero attached hydrogens (tertiary/aromatic N) is 9. The van der Waals surface area contributed by atoms with Crippen LogP contribution < -0.4 is 4.74 Å². The van der Waals surface area contributed by atoms with Crippen molar-refractivity contribution in [3.63, 3.8) is 0 Å². The molecule has 14 heteroatoms. The zero-order valence-corrected chi connectivity index (χ0v) is 29.2. The molecule has 10 nitrogen and oxygen atoms in total. The molecule has 0 N–H and O–H groups in total. The van der Waals surface area contributed by atoms with Gasteiger partial charge in [0.1, 0.15) is 33.3 Å². The highest BCUT2D eigenvalue weighted by Gasteiger charge is 2.13. The van der Waals surface area contributed by atoms with Gasteiger partial charge in [-0.15, -0.1) is 15.3 Å². The van der Waals surface area contributed by atoms with Gasteiger partial charge in [-0.1, -0.05) is 63.4 Å². The van der Waals surface area contributed by atoms with Crippen LogP contribution in [0.5, 0.6) is 5.75 Å². The molecule has 0 amide bonds. The van der Waals surface area contributed by atoms with E-state index in [1.54, 1.807) is 21.2 Å². The van der Waals surface area contributed by atoms with Crippen LogP contribution in [0.25, 0.3) is 33.1 Å². The van der Waals surface area contributed by atoms with Crippen LogP contribution in [0, 0.1) is 24.3 Å². The Morgan fingerprint density at radius 3 is 1.77 bits per heavy atom. The minimum atomic E-state index is 0.782. The van der Waals surface area contributed by atoms with Crippen molar-refractivity contribution >= 4 is 103 Å². The molecule has 0 radical (unpaired) electrons. The lowest BCUT2D eigenvalue weighted by Crippen LogP contribution is -1.94. The lowest BCUT2D eigenvalue weighted by Gasteiger charge is -2.05. The topological polar surface area (TPSA) is 101 Å². The van der Waals surface area contributed by atoms with E-state index >= 15 is 0 Å². The molecule has 0 aliphatic rings. The maximum atomic E-state index is 5.27. The highest BCUT2D eigenvalue weighted by Crippen LogP contribution is 2.32. The Bertz CT molecular complexity index is 1830. The van der Waals surface area contributed by atoms with Crippen molar-refractivity contribution in [2.45, 2.75) is 20.8 Å². The van der Waals surface area contributed by atoms with Gasteiger partial charge in [0.2, 0.25) is 0 Å². The first kappa shape index (κ1) is 29.8. The van der Waals surface area contributed by atoms with Crippen LogP contribution in [-0.2, 0) is 21.1 Å². The van der Waals surface area contributed by atoms with Gasteiger partial charge in [-0.25, -0.2) is 14.0 Å². The van der Waals surface area contributed by atoms with Crippen LogP contribution in [0.15, 0.2) is 37.7 Å². The highest BCUT2D eigenvalue weighted by molar-refractivity contribution is 14.1. The molecular weight excluding hydrogens is 809 g/mol. The molecule has 0 bridgehead atoms. The van der Waals surface area contributed by atoms with E-state index in [4.69, 9.17) is 4.74 Å². The number of hydrogen-bond acceptors (Lipinski definition) is 7. The smallest absolute Gasteiger partial charge is 0.147 e. The number of hydrogen-bond donors (Lipinski definition) is 0. The number of fused-ring (bicyclic) bond motifs is 3. The summed E-state index contributed by atoms with van der Waals surface area (Å²) in [7, 11) is 7.29. The third-order valence-corrected chi connectivity index (χ3v) is 9.57. The van der Waals surface area contributed by atoms with Gasteiger partial charge in [0, 0.05) is 38.1 Å². The highest BCUT2D eigenvalue weighted by atomic mass is 127. The minimum Gasteiger partial charge on any atom is -0.494 e. The Morgan fingerprint density at radius 2 is 1.15 bits per heavy atom. The summed E-state index contributed by atoms with van der Waals surface area (Å²) in [5.41, 5.74) is 9.26. The number of methoxy groups -OCH3 is 1. The molecular formula is C25H25Br3IN9O. The number of benzene rings is 3. The van der Waals surface area contributed by atoms with E-state index in [0.717, 1.165) is 72.5 Å². The Hall–Kier alpha value is -2.17. The maximum Gasteiger partial charge on any atom is 0.147 e. The summed E-state index contributed by atoms with van der Waals surface area (Å²) in [4.78, 5) is 0. The lowest BCUT2D eigenvalue weighted by atomic mass is 10.2. The Balaban J connectivity index is 0.000000136. The molecule has 3 aromatic carbocycles. The zero-order valence-electron chi connectivity index (χ0n) is 22.3. The Kier molecular flexibility index (Phi) is 9.28. The maximum absolute atomic E-state index is 5.27. The van der Waals surface area contributed by atoms with Crippen molar-refractivity contribution < 1.29 is 4.74 Å². The van der Waals surface area contributed by atoms with Gasteiger partial charge in [0.15, 0.2) is 0 Å². The molecule has 39 heavy (non-hydrogen) atoms. The summed E-state index contributed by atoms with van der Waals surface area (Å²) >= 11 is 12.7. The van der Waals surface area contributed by atoms with Gasteiger partial charge in [-0.05, 0) is 84.3 Å². The monoisotopic (exact) mass is 831 g/mol. The fourth-order valence-corrected chi connectivity index (χ4v) is 6.41. The zero-order chi connectivity index (χ0) is 28.6. The van der Waals surface area contributed by atoms with E-state index in [1.807, 2.05) is 60.1 Å². The second kappa shape index (κ2) is 12.1. The third-order valence-electron chi connectivity index (χ3n) is 6.24. The fourth-order valence-electron chi connectivity index (χ4n) is 3.93. The van der Waals surface area contributed by atoms with Crippen molar-refractivity contribution in [3.05, 3.63) is 57.9 Å². The normalized spacial score (nSPS) is 10.9. The summed E-state index contributed by atoms with van der Waals surface area (Å²) in [5.74, 6) is 0.782. The first-order chi connectivity index (χ1) is 18.5. The van der Waals surface area contributed by atoms with Gasteiger partial charge < -0.3 is 4.74 Å². The van der Waals surface area contributed by atoms with Crippen LogP contribution in [0.3, 0.4) is 0 Å². The van der Waals surface area contributed by atoms with Crippen LogP contribution in [0.1, 0.15) is 16.7 Å². The first-order valence-corrected chi connectivity index (χ1v) is 15.0. The Morgan fingerprint density at radius 1 is 0.667 bits per heavy atom. The van der Waals surface area contributed by atoms with E-state index in [2.05, 4.69) is 107 Å². The summed E-state index contributed by atoms with van der Waals surface area (Å²) in [6, 6.07) is 8.04. The largest absolute Gasteiger partial charge is 0.494 e. The molecule has 3 aromatic heterocycles. The van der Waals surface area contributed by atoms with Gasteiger partial charge in [-0.3, -0.25) is 0 Å². The van der Waals surface area contributed by atoms with E-state index in [0.29, 0.717) is 0 Å². The molecule has 0 fully saturated rings. The van der Waals surface area contributed by atoms with Crippen molar-refractivity contribution in [1.82, 2.24) is 45.0 Å². The van der Waals surface area contributed by atoms with Crippen molar-refractivity contribution in [3.8, 4) is 5.75 Å². The summed E-state index contributed by atoms with van der Waals surface area (Å²) in [6.07, 6.45) is 0. The summed E-state index contributed by atoms with van der Waals surface area (Å²) in [5, 5.41) is 24.2. The lowest BCUT2D eigenvalue weighted by molar-refractivity contribution is 0.417. The van der Waals surface area contributed by atoms with E-state index in [1.165, 1.54) is 0 Å². The molecule has 0 spiro atoms. The third kappa shape index (κ3) is 5.84. The molecule has 0 unspecified atom stereocenters. The van der Waals surface area contributed by atoms with Gasteiger partial charge in [-0.2, -0.15) is 0 Å². The fraction of sp³-hybridized carbons (Fsp3) is 0.280. The molecule has 0 atom stereocenters. The second-order valence-corrected chi connectivity index (χ2v) is 12.4. The molecule has 0 aliphatic carbocycles. The predicted molar refractivity (Wildman–Crippen MR) is 172 cm³/mol. The SMILES string of the molecule is COc1cc(Br)c(C)c2nnn(C)c12.Cc1c(Br)cc(I)c2c1nnn2C.Cc1c(Br)ccc2c1nnn2C. The van der Waals surface area contributed by atoms with E-state index in [9.17, 15) is 0 Å². The number of rotatable bonds is 1. The molecule has 0 aliphatic heterocycles. The van der Waals surface area contributed by atoms with Crippen molar-refractivity contribution in [2.75, 3.05) is 7.11 Å². The van der Waals surface area contributed by atoms with Gasteiger partial charge in [0.25, 0.3) is 0 Å². The Labute approximate surface area is 264 Å². The van der Waals surface area contributed by atoms with Crippen molar-refractivity contribution in [1.29, 1.82) is 0 Å². The number of aromatic nitrogens is 9. The molecule has 6 aromatic rings. The molecule has 0 saturated carbocycles. The second-order valence-electron chi connectivity index (χ2n) is 8.72. The first-order valence-electron chi connectivity index (χ1n) is 11.6. The standard InChI is InChI=1S/C9H10BrN3O.C8H7BrIN3.C8H8BrN3/c1-5-6(10)4-7(14-3)9-8(5)11-12-13(9)2;1-4-5(9)3-6(10)8-7(4)11-12-13(8)2;1-5-6(9)3-4-7-8(5)10-11-12(7)2/h4H,1-3H3;3H,1-2H3;3-4H,1-2H3.